The van der Waals surface area contributed by atoms with E-state index in [1.807, 2.05) is 60.7 Å². The van der Waals surface area contributed by atoms with E-state index in [0.29, 0.717) is 5.96 Å². The van der Waals surface area contributed by atoms with Crippen molar-refractivity contribution in [2.45, 2.75) is 0 Å². The Hall–Kier alpha value is -3.59. The first-order valence-corrected chi connectivity index (χ1v) is 8.55. The maximum absolute atomic E-state index is 6.21. The van der Waals surface area contributed by atoms with Crippen LogP contribution >= 0.6 is 0 Å². The van der Waals surface area contributed by atoms with E-state index in [0.717, 1.165) is 33.3 Å². The van der Waals surface area contributed by atoms with Gasteiger partial charge < -0.3 is 11.1 Å². The molecule has 4 aromatic carbocycles. The van der Waals surface area contributed by atoms with Crippen LogP contribution in [0.25, 0.3) is 21.9 Å². The van der Waals surface area contributed by atoms with Crippen LogP contribution in [0, 0.1) is 0 Å². The van der Waals surface area contributed by atoms with Gasteiger partial charge in [-0.3, -0.25) is 0 Å². The second kappa shape index (κ2) is 7.11. The quantitative estimate of drug-likeness (QED) is 0.379. The molecule has 0 heterocycles. The van der Waals surface area contributed by atoms with Gasteiger partial charge in [0.25, 0.3) is 0 Å². The number of nitrogens with two attached hydrogens (primary N) is 1. The summed E-state index contributed by atoms with van der Waals surface area (Å²) in [4.78, 5) is 4.62. The monoisotopic (exact) mass is 337 g/mol. The molecular weight excluding hydrogens is 318 g/mol. The van der Waals surface area contributed by atoms with Crippen LogP contribution in [-0.4, -0.2) is 5.96 Å². The van der Waals surface area contributed by atoms with E-state index in [1.54, 1.807) is 0 Å². The van der Waals surface area contributed by atoms with Gasteiger partial charge in [0.1, 0.15) is 0 Å². The van der Waals surface area contributed by atoms with Gasteiger partial charge in [-0.05, 0) is 23.1 Å². The van der Waals surface area contributed by atoms with Gasteiger partial charge in [-0.1, -0.05) is 84.9 Å². The topological polar surface area (TPSA) is 50.4 Å². The van der Waals surface area contributed by atoms with Crippen LogP contribution in [0.2, 0.25) is 0 Å². The lowest BCUT2D eigenvalue weighted by Crippen LogP contribution is -2.22. The van der Waals surface area contributed by atoms with E-state index in [-0.39, 0.29) is 0 Å². The molecule has 0 aliphatic carbocycles. The number of hydrogen-bond acceptors (Lipinski definition) is 1. The first kappa shape index (κ1) is 15.9. The predicted octanol–water partition coefficient (Wildman–Crippen LogP) is 5.57. The Bertz CT molecular complexity index is 1060. The van der Waals surface area contributed by atoms with E-state index in [1.165, 1.54) is 0 Å². The zero-order chi connectivity index (χ0) is 17.8. The highest BCUT2D eigenvalue weighted by Gasteiger charge is 2.05. The molecule has 3 N–H and O–H groups in total. The molecule has 0 bridgehead atoms. The summed E-state index contributed by atoms with van der Waals surface area (Å²) in [5.74, 6) is 0.365. The van der Waals surface area contributed by atoms with Crippen molar-refractivity contribution in [2.75, 3.05) is 5.32 Å². The van der Waals surface area contributed by atoms with Crippen molar-refractivity contribution in [3.63, 3.8) is 0 Å². The fourth-order valence-corrected chi connectivity index (χ4v) is 3.06. The minimum Gasteiger partial charge on any atom is -0.369 e. The van der Waals surface area contributed by atoms with Crippen LogP contribution in [0.1, 0.15) is 0 Å². The Morgan fingerprint density at radius 3 is 2.27 bits per heavy atom. The zero-order valence-electron chi connectivity index (χ0n) is 14.3. The summed E-state index contributed by atoms with van der Waals surface area (Å²) in [5, 5.41) is 5.52. The van der Waals surface area contributed by atoms with E-state index in [4.69, 9.17) is 5.73 Å². The van der Waals surface area contributed by atoms with Gasteiger partial charge in [0.15, 0.2) is 5.96 Å². The van der Waals surface area contributed by atoms with Crippen LogP contribution < -0.4 is 11.1 Å². The average molecular weight is 337 g/mol. The molecule has 0 spiro atoms. The molecule has 0 aromatic heterocycles. The molecule has 0 aliphatic rings. The number of rotatable bonds is 3. The molecule has 3 heteroatoms. The molecule has 0 radical (unpaired) electrons. The fraction of sp³-hybridized carbons (Fsp3) is 0. The van der Waals surface area contributed by atoms with Crippen molar-refractivity contribution in [3.8, 4) is 11.1 Å². The fourth-order valence-electron chi connectivity index (χ4n) is 3.06. The normalized spacial score (nSPS) is 11.5. The van der Waals surface area contributed by atoms with E-state index >= 15 is 0 Å². The molecule has 0 amide bonds. The van der Waals surface area contributed by atoms with E-state index in [9.17, 15) is 0 Å². The third-order valence-electron chi connectivity index (χ3n) is 4.28. The summed E-state index contributed by atoms with van der Waals surface area (Å²) in [6, 6.07) is 32.5. The van der Waals surface area contributed by atoms with Crippen LogP contribution in [0.3, 0.4) is 0 Å². The van der Waals surface area contributed by atoms with Crippen molar-refractivity contribution in [3.05, 3.63) is 97.1 Å². The maximum atomic E-state index is 6.21. The Balaban J connectivity index is 1.69. The molecule has 4 aromatic rings. The van der Waals surface area contributed by atoms with Gasteiger partial charge >= 0.3 is 0 Å². The highest BCUT2D eigenvalue weighted by molar-refractivity contribution is 6.03. The van der Waals surface area contributed by atoms with Gasteiger partial charge in [0, 0.05) is 16.6 Å². The molecule has 3 nitrogen and oxygen atoms in total. The number of benzene rings is 4. The molecule has 0 fully saturated rings. The molecule has 0 unspecified atom stereocenters. The second-order valence-electron chi connectivity index (χ2n) is 6.03. The summed E-state index contributed by atoms with van der Waals surface area (Å²) >= 11 is 0. The van der Waals surface area contributed by atoms with Crippen LogP contribution in [0.5, 0.6) is 0 Å². The molecule has 26 heavy (non-hydrogen) atoms. The molecule has 4 rings (SSSR count). The second-order valence-corrected chi connectivity index (χ2v) is 6.03. The number of para-hydroxylation sites is 1. The zero-order valence-corrected chi connectivity index (χ0v) is 14.3. The minimum atomic E-state index is 0.365. The Morgan fingerprint density at radius 1 is 0.692 bits per heavy atom. The lowest BCUT2D eigenvalue weighted by molar-refractivity contribution is 1.44. The Morgan fingerprint density at radius 2 is 1.38 bits per heavy atom. The van der Waals surface area contributed by atoms with Gasteiger partial charge in [-0.15, -0.1) is 0 Å². The third-order valence-corrected chi connectivity index (χ3v) is 4.28. The highest BCUT2D eigenvalue weighted by atomic mass is 15.1. The molecule has 0 saturated heterocycles. The van der Waals surface area contributed by atoms with Crippen molar-refractivity contribution < 1.29 is 0 Å². The van der Waals surface area contributed by atoms with Crippen molar-refractivity contribution in [2.24, 2.45) is 10.7 Å². The lowest BCUT2D eigenvalue weighted by atomic mass is 10.0. The van der Waals surface area contributed by atoms with E-state index < -0.39 is 0 Å². The number of fused-ring (bicyclic) bond motifs is 1. The summed E-state index contributed by atoms with van der Waals surface area (Å²) in [7, 11) is 0. The highest BCUT2D eigenvalue weighted by Crippen LogP contribution is 2.30. The maximum Gasteiger partial charge on any atom is 0.198 e. The molecule has 0 aliphatic heterocycles. The summed E-state index contributed by atoms with van der Waals surface area (Å²) < 4.78 is 0. The number of anilines is 1. The summed E-state index contributed by atoms with van der Waals surface area (Å²) in [5.41, 5.74) is 10.2. The SMILES string of the molecule is NC(=Nc1ccccc1-c1ccccc1)Nc1cccc2ccccc12. The summed E-state index contributed by atoms with van der Waals surface area (Å²) in [6.45, 7) is 0. The largest absolute Gasteiger partial charge is 0.369 e. The Labute approximate surface area is 152 Å². The van der Waals surface area contributed by atoms with Crippen molar-refractivity contribution in [1.29, 1.82) is 0 Å². The molecule has 126 valence electrons. The van der Waals surface area contributed by atoms with Gasteiger partial charge in [-0.2, -0.15) is 0 Å². The van der Waals surface area contributed by atoms with Crippen LogP contribution in [0.15, 0.2) is 102 Å². The van der Waals surface area contributed by atoms with Gasteiger partial charge in [0.05, 0.1) is 5.69 Å². The molecule has 0 atom stereocenters. The molecule has 0 saturated carbocycles. The first-order chi connectivity index (χ1) is 12.8. The average Bonchev–Trinajstić information content (AvgIpc) is 2.69. The number of guanidine groups is 1. The number of aliphatic imine (C=N–C) groups is 1. The van der Waals surface area contributed by atoms with Gasteiger partial charge in [0.2, 0.25) is 0 Å². The molecular formula is C23H19N3. The number of hydrogen-bond donors (Lipinski definition) is 2. The number of nitrogens with one attached hydrogen (secondary N) is 1. The predicted molar refractivity (Wildman–Crippen MR) is 111 cm³/mol. The van der Waals surface area contributed by atoms with E-state index in [2.05, 4.69) is 46.7 Å². The standard InChI is InChI=1S/C23H19N3/c24-23(26-22-16-8-12-18-11-4-5-13-20(18)22)25-21-15-7-6-14-19(21)17-9-2-1-3-10-17/h1-16H,(H3,24,25,26). The minimum absolute atomic E-state index is 0.365. The smallest absolute Gasteiger partial charge is 0.198 e. The van der Waals surface area contributed by atoms with Crippen LogP contribution in [0.4, 0.5) is 11.4 Å². The third kappa shape index (κ3) is 3.28. The Kier molecular flexibility index (Phi) is 4.35. The lowest BCUT2D eigenvalue weighted by Gasteiger charge is -2.10. The van der Waals surface area contributed by atoms with Crippen LogP contribution in [-0.2, 0) is 0 Å². The first-order valence-electron chi connectivity index (χ1n) is 8.55. The van der Waals surface area contributed by atoms with Crippen molar-refractivity contribution in [1.82, 2.24) is 0 Å². The summed E-state index contributed by atoms with van der Waals surface area (Å²) in [6.07, 6.45) is 0. The van der Waals surface area contributed by atoms with Gasteiger partial charge in [-0.25, -0.2) is 4.99 Å². The number of nitrogens with zero attached hydrogens (tertiary/aromatic N) is 1. The van der Waals surface area contributed by atoms with Crippen molar-refractivity contribution >= 4 is 28.1 Å².